The zero-order valence-electron chi connectivity index (χ0n) is 22.4. The highest BCUT2D eigenvalue weighted by atomic mass is 35.5. The molecule has 1 aliphatic heterocycles. The monoisotopic (exact) mass is 547 g/mol. The molecule has 2 aromatic rings. The first-order valence-corrected chi connectivity index (χ1v) is 15.4. The number of anilines is 1. The van der Waals surface area contributed by atoms with Crippen LogP contribution in [0.2, 0.25) is 23.2 Å². The smallest absolute Gasteiger partial charge is 0.343 e. The van der Waals surface area contributed by atoms with Crippen LogP contribution in [0.25, 0.3) is 0 Å². The lowest BCUT2D eigenvalue weighted by molar-refractivity contribution is -0.119. The molecule has 7 nitrogen and oxygen atoms in total. The Balaban J connectivity index is 1.75. The molecule has 0 bridgehead atoms. The first kappa shape index (κ1) is 28.8. The maximum Gasteiger partial charge on any atom is 0.343 e. The van der Waals surface area contributed by atoms with Gasteiger partial charge in [0, 0.05) is 25.0 Å². The SMILES string of the molecule is Cc1cc(Cl)c(OCCO[Si](C)(C)C(C)(C)C)cc1NC(=O)C1C=NC(=O)N(C)[C@H]1c1ccc(F)cc1. The molecule has 10 heteroatoms. The van der Waals surface area contributed by atoms with Crippen molar-refractivity contribution in [1.82, 2.24) is 4.90 Å². The van der Waals surface area contributed by atoms with E-state index in [-0.39, 0.29) is 10.9 Å². The van der Waals surface area contributed by atoms with Crippen molar-refractivity contribution in [2.24, 2.45) is 10.9 Å². The molecule has 1 unspecified atom stereocenters. The number of halogens is 2. The minimum atomic E-state index is -1.90. The Morgan fingerprint density at radius 1 is 1.19 bits per heavy atom. The molecule has 0 saturated heterocycles. The molecule has 1 aliphatic rings. The van der Waals surface area contributed by atoms with Gasteiger partial charge < -0.3 is 19.4 Å². The number of urea groups is 1. The van der Waals surface area contributed by atoms with Crippen molar-refractivity contribution in [2.75, 3.05) is 25.6 Å². The van der Waals surface area contributed by atoms with Gasteiger partial charge in [-0.3, -0.25) is 4.79 Å². The van der Waals surface area contributed by atoms with Crippen molar-refractivity contribution in [3.05, 3.63) is 58.4 Å². The number of nitrogens with one attached hydrogen (secondary N) is 1. The number of rotatable bonds is 8. The molecule has 0 aliphatic carbocycles. The summed E-state index contributed by atoms with van der Waals surface area (Å²) < 4.78 is 25.6. The van der Waals surface area contributed by atoms with Crippen molar-refractivity contribution >= 4 is 43.8 Å². The lowest BCUT2D eigenvalue weighted by Gasteiger charge is -2.36. The van der Waals surface area contributed by atoms with Gasteiger partial charge in [-0.1, -0.05) is 44.5 Å². The Bertz CT molecular complexity index is 1180. The first-order valence-electron chi connectivity index (χ1n) is 12.2. The number of benzene rings is 2. The summed E-state index contributed by atoms with van der Waals surface area (Å²) in [6.07, 6.45) is 1.34. The highest BCUT2D eigenvalue weighted by molar-refractivity contribution is 6.74. The van der Waals surface area contributed by atoms with Crippen LogP contribution in [-0.2, 0) is 9.22 Å². The van der Waals surface area contributed by atoms with Gasteiger partial charge in [0.25, 0.3) is 0 Å². The van der Waals surface area contributed by atoms with Gasteiger partial charge in [0.05, 0.1) is 23.6 Å². The average Bonchev–Trinajstić information content (AvgIpc) is 2.81. The fourth-order valence-corrected chi connectivity index (χ4v) is 5.06. The van der Waals surface area contributed by atoms with E-state index in [1.165, 1.54) is 23.2 Å². The van der Waals surface area contributed by atoms with E-state index >= 15 is 0 Å². The number of ether oxygens (including phenoxy) is 1. The molecule has 0 saturated carbocycles. The molecule has 0 aromatic heterocycles. The zero-order chi connectivity index (χ0) is 27.5. The fourth-order valence-electron chi connectivity index (χ4n) is 3.76. The van der Waals surface area contributed by atoms with Crippen LogP contribution in [0.3, 0.4) is 0 Å². The van der Waals surface area contributed by atoms with E-state index in [9.17, 15) is 14.0 Å². The van der Waals surface area contributed by atoms with Crippen molar-refractivity contribution in [3.8, 4) is 5.75 Å². The van der Waals surface area contributed by atoms with Crippen LogP contribution in [0.5, 0.6) is 5.75 Å². The van der Waals surface area contributed by atoms with Gasteiger partial charge >= 0.3 is 6.03 Å². The second-order valence-corrected chi connectivity index (χ2v) is 16.0. The van der Waals surface area contributed by atoms with Crippen molar-refractivity contribution < 1.29 is 23.1 Å². The van der Waals surface area contributed by atoms with E-state index in [0.717, 1.165) is 5.56 Å². The van der Waals surface area contributed by atoms with Crippen LogP contribution in [0, 0.1) is 18.7 Å². The fraction of sp³-hybridized carbons (Fsp3) is 0.444. The quantitative estimate of drug-likeness (QED) is 0.297. The van der Waals surface area contributed by atoms with Crippen LogP contribution in [0.1, 0.15) is 37.9 Å². The number of carbonyl (C=O) groups is 2. The molecule has 3 amide bonds. The lowest BCUT2D eigenvalue weighted by Crippen LogP contribution is -2.43. The molecule has 3 rings (SSSR count). The van der Waals surface area contributed by atoms with Crippen LogP contribution < -0.4 is 10.1 Å². The van der Waals surface area contributed by atoms with Crippen molar-refractivity contribution in [2.45, 2.75) is 51.9 Å². The summed E-state index contributed by atoms with van der Waals surface area (Å²) in [7, 11) is -0.329. The number of hydrogen-bond donors (Lipinski definition) is 1. The normalized spacial score (nSPS) is 18.2. The number of aliphatic imine (C=N–C) groups is 1. The number of hydrogen-bond acceptors (Lipinski definition) is 4. The molecule has 200 valence electrons. The summed E-state index contributed by atoms with van der Waals surface area (Å²) in [5.74, 6) is -1.12. The van der Waals surface area contributed by atoms with Gasteiger partial charge in [-0.05, 0) is 54.4 Å². The van der Waals surface area contributed by atoms with Crippen LogP contribution in [0.15, 0.2) is 41.4 Å². The molecule has 37 heavy (non-hydrogen) atoms. The van der Waals surface area contributed by atoms with Gasteiger partial charge in [-0.25, -0.2) is 14.2 Å². The second-order valence-electron chi connectivity index (χ2n) is 10.7. The summed E-state index contributed by atoms with van der Waals surface area (Å²) in [5.41, 5.74) is 1.90. The molecule has 1 N–H and O–H groups in total. The molecule has 0 radical (unpaired) electrons. The first-order chi connectivity index (χ1) is 17.2. The van der Waals surface area contributed by atoms with E-state index < -0.39 is 32.1 Å². The third-order valence-electron chi connectivity index (χ3n) is 7.07. The minimum Gasteiger partial charge on any atom is -0.490 e. The summed E-state index contributed by atoms with van der Waals surface area (Å²) in [5, 5.41) is 3.45. The Hall–Kier alpha value is -2.75. The van der Waals surface area contributed by atoms with Crippen LogP contribution >= 0.6 is 11.6 Å². The van der Waals surface area contributed by atoms with Gasteiger partial charge in [-0.15, -0.1) is 0 Å². The van der Waals surface area contributed by atoms with Gasteiger partial charge in [-0.2, -0.15) is 0 Å². The van der Waals surface area contributed by atoms with E-state index in [2.05, 4.69) is 44.2 Å². The topological polar surface area (TPSA) is 80.2 Å². The number of aryl methyl sites for hydroxylation is 1. The average molecular weight is 548 g/mol. The summed E-state index contributed by atoms with van der Waals surface area (Å²) in [4.78, 5) is 30.9. The summed E-state index contributed by atoms with van der Waals surface area (Å²) in [6.45, 7) is 13.5. The highest BCUT2D eigenvalue weighted by Gasteiger charge is 2.38. The Morgan fingerprint density at radius 3 is 2.46 bits per heavy atom. The number of carbonyl (C=O) groups excluding carboxylic acids is 2. The van der Waals surface area contributed by atoms with Gasteiger partial charge in [0.1, 0.15) is 18.2 Å². The standard InChI is InChI=1S/C27H35ClFN3O4Si/c1-17-14-21(28)23(35-12-13-36-37(6,7)27(2,3)4)15-22(17)31-25(33)20-16-30-26(34)32(5)24(20)18-8-10-19(29)11-9-18/h8-11,14-16,20,24H,12-13H2,1-7H3,(H,31,33)/t20?,24-/m0/s1. The van der Waals surface area contributed by atoms with Gasteiger partial charge in [0.15, 0.2) is 8.32 Å². The molecule has 1 heterocycles. The van der Waals surface area contributed by atoms with E-state index in [4.69, 9.17) is 20.8 Å². The lowest BCUT2D eigenvalue weighted by atomic mass is 9.90. The second kappa shape index (κ2) is 11.3. The minimum absolute atomic E-state index is 0.0961. The molecule has 2 aromatic carbocycles. The van der Waals surface area contributed by atoms with Crippen LogP contribution in [-0.4, -0.2) is 51.6 Å². The summed E-state index contributed by atoms with van der Waals surface area (Å²) in [6, 6.07) is 8.03. The molecular weight excluding hydrogens is 513 g/mol. The van der Waals surface area contributed by atoms with E-state index in [1.807, 2.05) is 6.92 Å². The van der Waals surface area contributed by atoms with Gasteiger partial charge in [0.2, 0.25) is 5.91 Å². The zero-order valence-corrected chi connectivity index (χ0v) is 24.1. The number of nitrogens with zero attached hydrogens (tertiary/aromatic N) is 2. The van der Waals surface area contributed by atoms with Crippen molar-refractivity contribution in [3.63, 3.8) is 0 Å². The predicted molar refractivity (Wildman–Crippen MR) is 148 cm³/mol. The third-order valence-corrected chi connectivity index (χ3v) is 11.9. The molecule has 0 spiro atoms. The van der Waals surface area contributed by atoms with Crippen LogP contribution in [0.4, 0.5) is 14.9 Å². The molecular formula is C27H35ClFN3O4Si. The number of amides is 3. The van der Waals surface area contributed by atoms with E-state index in [1.54, 1.807) is 31.3 Å². The third kappa shape index (κ3) is 6.77. The maximum absolute atomic E-state index is 13.5. The Labute approximate surface area is 224 Å². The molecule has 2 atom stereocenters. The Kier molecular flexibility index (Phi) is 8.82. The highest BCUT2D eigenvalue weighted by Crippen LogP contribution is 2.37. The largest absolute Gasteiger partial charge is 0.490 e. The predicted octanol–water partition coefficient (Wildman–Crippen LogP) is 6.62. The maximum atomic E-state index is 13.5. The van der Waals surface area contributed by atoms with Crippen molar-refractivity contribution in [1.29, 1.82) is 0 Å². The Morgan fingerprint density at radius 2 is 1.84 bits per heavy atom. The molecule has 0 fully saturated rings. The van der Waals surface area contributed by atoms with E-state index in [0.29, 0.717) is 35.2 Å². The summed E-state index contributed by atoms with van der Waals surface area (Å²) >= 11 is 6.41.